The molecule has 3 N–H and O–H groups in total. The van der Waals surface area contributed by atoms with Crippen LogP contribution in [0.2, 0.25) is 0 Å². The van der Waals surface area contributed by atoms with Crippen LogP contribution in [0.1, 0.15) is 50.0 Å². The number of nitrogens with two attached hydrogens (primary N) is 1. The van der Waals surface area contributed by atoms with Gasteiger partial charge in [-0.25, -0.2) is 4.98 Å². The molecule has 3 rings (SSSR count). The van der Waals surface area contributed by atoms with Gasteiger partial charge in [-0.15, -0.1) is 36.2 Å². The predicted octanol–water partition coefficient (Wildman–Crippen LogP) is 4.49. The number of fused-ring (bicyclic) bond motifs is 1. The molecular formula is C19H29Cl2N3OS. The Balaban J connectivity index is 0.00000169. The molecule has 0 saturated heterocycles. The SMILES string of the molecule is Cl.Cl.NCC(NC(=O)CCCc1nc2ccccc2s1)C1CCCCC1. The van der Waals surface area contributed by atoms with E-state index in [1.54, 1.807) is 11.3 Å². The first-order valence-electron chi connectivity index (χ1n) is 9.10. The number of rotatable bonds is 7. The molecule has 1 unspecified atom stereocenters. The molecule has 1 aliphatic carbocycles. The highest BCUT2D eigenvalue weighted by Crippen LogP contribution is 2.26. The average Bonchev–Trinajstić information content (AvgIpc) is 3.03. The zero-order valence-electron chi connectivity index (χ0n) is 15.0. The fraction of sp³-hybridized carbons (Fsp3) is 0.579. The second-order valence-electron chi connectivity index (χ2n) is 6.74. The molecule has 1 heterocycles. The van der Waals surface area contributed by atoms with E-state index in [1.807, 2.05) is 18.2 Å². The number of aryl methyl sites for hydroxylation is 1. The number of hydrogen-bond donors (Lipinski definition) is 2. The summed E-state index contributed by atoms with van der Waals surface area (Å²) in [5, 5.41) is 4.29. The molecule has 0 radical (unpaired) electrons. The molecule has 0 bridgehead atoms. The van der Waals surface area contributed by atoms with Crippen molar-refractivity contribution in [2.24, 2.45) is 11.7 Å². The van der Waals surface area contributed by atoms with E-state index in [1.165, 1.54) is 36.8 Å². The van der Waals surface area contributed by atoms with Crippen LogP contribution in [-0.2, 0) is 11.2 Å². The van der Waals surface area contributed by atoms with Crippen molar-refractivity contribution in [2.45, 2.75) is 57.4 Å². The van der Waals surface area contributed by atoms with E-state index < -0.39 is 0 Å². The summed E-state index contributed by atoms with van der Waals surface area (Å²) in [6.07, 6.45) is 8.53. The number of para-hydroxylation sites is 1. The van der Waals surface area contributed by atoms with Crippen molar-refractivity contribution in [2.75, 3.05) is 6.54 Å². The molecule has 0 spiro atoms. The molecule has 7 heteroatoms. The topological polar surface area (TPSA) is 68.0 Å². The smallest absolute Gasteiger partial charge is 0.220 e. The third-order valence-electron chi connectivity index (χ3n) is 4.95. The Morgan fingerprint density at radius 1 is 1.23 bits per heavy atom. The number of nitrogens with one attached hydrogen (secondary N) is 1. The highest BCUT2D eigenvalue weighted by Gasteiger charge is 2.23. The lowest BCUT2D eigenvalue weighted by atomic mass is 9.84. The molecule has 4 nitrogen and oxygen atoms in total. The second kappa shape index (κ2) is 11.8. The van der Waals surface area contributed by atoms with Crippen molar-refractivity contribution in [3.05, 3.63) is 29.3 Å². The number of thiazole rings is 1. The molecule has 1 atom stereocenters. The Morgan fingerprint density at radius 3 is 2.65 bits per heavy atom. The normalized spacial score (nSPS) is 15.7. The van der Waals surface area contributed by atoms with Gasteiger partial charge in [-0.1, -0.05) is 31.4 Å². The van der Waals surface area contributed by atoms with Crippen LogP contribution in [0.5, 0.6) is 0 Å². The van der Waals surface area contributed by atoms with Crippen LogP contribution < -0.4 is 11.1 Å². The predicted molar refractivity (Wildman–Crippen MR) is 115 cm³/mol. The van der Waals surface area contributed by atoms with Crippen LogP contribution in [-0.4, -0.2) is 23.5 Å². The summed E-state index contributed by atoms with van der Waals surface area (Å²) in [4.78, 5) is 16.9. The molecular weight excluding hydrogens is 389 g/mol. The summed E-state index contributed by atoms with van der Waals surface area (Å²) in [6, 6.07) is 8.34. The van der Waals surface area contributed by atoms with Crippen LogP contribution in [0.15, 0.2) is 24.3 Å². The summed E-state index contributed by atoms with van der Waals surface area (Å²) in [7, 11) is 0. The van der Waals surface area contributed by atoms with Crippen LogP contribution in [0, 0.1) is 5.92 Å². The molecule has 2 aromatic rings. The van der Waals surface area contributed by atoms with Gasteiger partial charge < -0.3 is 11.1 Å². The van der Waals surface area contributed by atoms with Gasteiger partial charge in [0.15, 0.2) is 0 Å². The summed E-state index contributed by atoms with van der Waals surface area (Å²) in [5.41, 5.74) is 6.95. The number of aromatic nitrogens is 1. The van der Waals surface area contributed by atoms with Gasteiger partial charge in [-0.3, -0.25) is 4.79 Å². The van der Waals surface area contributed by atoms with Crippen molar-refractivity contribution >= 4 is 52.3 Å². The molecule has 1 saturated carbocycles. The molecule has 1 aliphatic rings. The van der Waals surface area contributed by atoms with Crippen molar-refractivity contribution in [1.29, 1.82) is 0 Å². The van der Waals surface area contributed by atoms with E-state index in [0.717, 1.165) is 23.4 Å². The first-order chi connectivity index (χ1) is 11.8. The van der Waals surface area contributed by atoms with E-state index >= 15 is 0 Å². The van der Waals surface area contributed by atoms with E-state index in [0.29, 0.717) is 18.9 Å². The van der Waals surface area contributed by atoms with Gasteiger partial charge >= 0.3 is 0 Å². The van der Waals surface area contributed by atoms with Gasteiger partial charge in [-0.2, -0.15) is 0 Å². The standard InChI is InChI=1S/C19H27N3OS.2ClH/c20-13-16(14-7-2-1-3-8-14)21-18(23)11-6-12-19-22-15-9-4-5-10-17(15)24-19;;/h4-5,9-10,14,16H,1-3,6-8,11-13,20H2,(H,21,23);2*1H. The molecule has 0 aliphatic heterocycles. The lowest BCUT2D eigenvalue weighted by Crippen LogP contribution is -2.45. The molecule has 146 valence electrons. The zero-order valence-corrected chi connectivity index (χ0v) is 17.4. The Morgan fingerprint density at radius 2 is 1.96 bits per heavy atom. The van der Waals surface area contributed by atoms with Crippen molar-refractivity contribution in [3.63, 3.8) is 0 Å². The number of carbonyl (C=O) groups excluding carboxylic acids is 1. The summed E-state index contributed by atoms with van der Waals surface area (Å²) in [5.74, 6) is 0.703. The van der Waals surface area contributed by atoms with E-state index in [9.17, 15) is 4.79 Å². The van der Waals surface area contributed by atoms with Crippen LogP contribution >= 0.6 is 36.2 Å². The molecule has 26 heavy (non-hydrogen) atoms. The number of nitrogens with zero attached hydrogens (tertiary/aromatic N) is 1. The second-order valence-corrected chi connectivity index (χ2v) is 7.85. The first-order valence-corrected chi connectivity index (χ1v) is 9.92. The maximum absolute atomic E-state index is 12.2. The number of amides is 1. The van der Waals surface area contributed by atoms with E-state index in [4.69, 9.17) is 5.73 Å². The van der Waals surface area contributed by atoms with Crippen LogP contribution in [0.3, 0.4) is 0 Å². The zero-order chi connectivity index (χ0) is 16.8. The third-order valence-corrected chi connectivity index (χ3v) is 6.05. The van der Waals surface area contributed by atoms with Gasteiger partial charge in [0.2, 0.25) is 5.91 Å². The van der Waals surface area contributed by atoms with Gasteiger partial charge in [0.25, 0.3) is 0 Å². The van der Waals surface area contributed by atoms with Crippen LogP contribution in [0.4, 0.5) is 0 Å². The van der Waals surface area contributed by atoms with Gasteiger partial charge in [0.05, 0.1) is 15.2 Å². The maximum atomic E-state index is 12.2. The highest BCUT2D eigenvalue weighted by atomic mass is 35.5. The Bertz CT molecular complexity index is 641. The first kappa shape index (κ1) is 23.2. The van der Waals surface area contributed by atoms with Crippen molar-refractivity contribution in [1.82, 2.24) is 10.3 Å². The van der Waals surface area contributed by atoms with Crippen molar-refractivity contribution in [3.8, 4) is 0 Å². The Kier molecular flexibility index (Phi) is 10.5. The third kappa shape index (κ3) is 6.38. The largest absolute Gasteiger partial charge is 0.352 e. The number of halogens is 2. The Labute approximate surface area is 172 Å². The minimum absolute atomic E-state index is 0. The summed E-state index contributed by atoms with van der Waals surface area (Å²) in [6.45, 7) is 0.550. The fourth-order valence-corrected chi connectivity index (χ4v) is 4.62. The fourth-order valence-electron chi connectivity index (χ4n) is 3.61. The minimum atomic E-state index is 0. The van der Waals surface area contributed by atoms with Gasteiger partial charge in [0.1, 0.15) is 0 Å². The Hall–Kier alpha value is -0.880. The summed E-state index contributed by atoms with van der Waals surface area (Å²) >= 11 is 1.73. The lowest BCUT2D eigenvalue weighted by molar-refractivity contribution is -0.122. The van der Waals surface area contributed by atoms with Gasteiger partial charge in [-0.05, 0) is 43.7 Å². The molecule has 1 aromatic carbocycles. The van der Waals surface area contributed by atoms with E-state index in [-0.39, 0.29) is 36.8 Å². The lowest BCUT2D eigenvalue weighted by Gasteiger charge is -2.30. The molecule has 1 fully saturated rings. The van der Waals surface area contributed by atoms with Gasteiger partial charge in [0, 0.05) is 19.0 Å². The van der Waals surface area contributed by atoms with E-state index in [2.05, 4.69) is 16.4 Å². The number of benzene rings is 1. The highest BCUT2D eigenvalue weighted by molar-refractivity contribution is 7.18. The average molecular weight is 418 g/mol. The number of carbonyl (C=O) groups is 1. The van der Waals surface area contributed by atoms with Crippen LogP contribution in [0.25, 0.3) is 10.2 Å². The monoisotopic (exact) mass is 417 g/mol. The molecule has 1 aromatic heterocycles. The maximum Gasteiger partial charge on any atom is 0.220 e. The minimum Gasteiger partial charge on any atom is -0.352 e. The molecule has 1 amide bonds. The summed E-state index contributed by atoms with van der Waals surface area (Å²) < 4.78 is 1.22. The quantitative estimate of drug-likeness (QED) is 0.696. The van der Waals surface area contributed by atoms with Crippen molar-refractivity contribution < 1.29 is 4.79 Å². The number of hydrogen-bond acceptors (Lipinski definition) is 4.